The number of nitrogens with zero attached hydrogens (tertiary/aromatic N) is 2. The van der Waals surface area contributed by atoms with Crippen molar-refractivity contribution in [1.29, 1.82) is 0 Å². The predicted octanol–water partition coefficient (Wildman–Crippen LogP) is 0.294. The molecule has 1 saturated carbocycles. The molecule has 2 aromatic rings. The summed E-state index contributed by atoms with van der Waals surface area (Å²) in [4.78, 5) is 37.4. The summed E-state index contributed by atoms with van der Waals surface area (Å²) in [5.74, 6) is -2.17. The molecule has 0 bridgehead atoms. The van der Waals surface area contributed by atoms with Gasteiger partial charge in [-0.25, -0.2) is 9.18 Å². The highest BCUT2D eigenvalue weighted by Crippen LogP contribution is 2.43. The van der Waals surface area contributed by atoms with Crippen LogP contribution < -0.4 is 20.4 Å². The number of carboxylic acids is 1. The highest BCUT2D eigenvalue weighted by atomic mass is 19.1. The van der Waals surface area contributed by atoms with Gasteiger partial charge in [-0.15, -0.1) is 0 Å². The molecule has 1 aliphatic carbocycles. The highest BCUT2D eigenvalue weighted by molar-refractivity contribution is 5.97. The molecule has 1 aromatic heterocycles. The van der Waals surface area contributed by atoms with Crippen LogP contribution in [-0.2, 0) is 4.79 Å². The minimum atomic E-state index is -1.35. The number of benzene rings is 1. The molecule has 2 heterocycles. The minimum absolute atomic E-state index is 0. The smallest absolute Gasteiger partial charge is 0.341 e. The van der Waals surface area contributed by atoms with Gasteiger partial charge in [0.1, 0.15) is 11.3 Å². The molecular weight excluding hydrogens is 373 g/mol. The van der Waals surface area contributed by atoms with Gasteiger partial charge in [0.15, 0.2) is 11.6 Å². The summed E-state index contributed by atoms with van der Waals surface area (Å²) in [6.45, 7) is 0.734. The second kappa shape index (κ2) is 7.12. The molecule has 0 atom stereocenters. The lowest BCUT2D eigenvalue weighted by Gasteiger charge is -2.31. The van der Waals surface area contributed by atoms with Gasteiger partial charge >= 0.3 is 5.97 Å². The van der Waals surface area contributed by atoms with E-state index in [4.69, 9.17) is 4.74 Å². The molecule has 2 aliphatic rings. The van der Waals surface area contributed by atoms with Gasteiger partial charge in [-0.1, -0.05) is 0 Å². The molecule has 4 N–H and O–H groups in total. The van der Waals surface area contributed by atoms with Gasteiger partial charge in [0, 0.05) is 25.3 Å². The summed E-state index contributed by atoms with van der Waals surface area (Å²) in [6, 6.07) is 1.08. The molecular formula is C18H20FN3O6. The van der Waals surface area contributed by atoms with Crippen LogP contribution in [0.15, 0.2) is 17.1 Å². The van der Waals surface area contributed by atoms with E-state index in [2.05, 4.69) is 5.32 Å². The number of pyridine rings is 1. The molecule has 28 heavy (non-hydrogen) atoms. The van der Waals surface area contributed by atoms with Crippen molar-refractivity contribution in [3.8, 4) is 5.75 Å². The molecule has 0 spiro atoms. The number of aromatic carboxylic acids is 1. The van der Waals surface area contributed by atoms with E-state index in [-0.39, 0.29) is 40.8 Å². The van der Waals surface area contributed by atoms with E-state index in [1.165, 1.54) is 13.3 Å². The highest BCUT2D eigenvalue weighted by Gasteiger charge is 2.32. The van der Waals surface area contributed by atoms with Crippen LogP contribution in [0.4, 0.5) is 10.1 Å². The zero-order valence-corrected chi connectivity index (χ0v) is 15.1. The first-order chi connectivity index (χ1) is 12.9. The molecule has 4 rings (SSSR count). The molecule has 1 aromatic carbocycles. The largest absolute Gasteiger partial charge is 0.492 e. The first-order valence-electron chi connectivity index (χ1n) is 8.62. The van der Waals surface area contributed by atoms with Crippen LogP contribution in [0.1, 0.15) is 29.2 Å². The normalized spacial score (nSPS) is 16.5. The minimum Gasteiger partial charge on any atom is -0.492 e. The fourth-order valence-electron chi connectivity index (χ4n) is 3.55. The van der Waals surface area contributed by atoms with E-state index >= 15 is 0 Å². The number of aromatic nitrogens is 1. The lowest BCUT2D eigenvalue weighted by Crippen LogP contribution is -2.48. The third-order valence-electron chi connectivity index (χ3n) is 4.93. The lowest BCUT2D eigenvalue weighted by molar-refractivity contribution is -0.120. The number of nitrogens with one attached hydrogen (secondary N) is 1. The number of anilines is 1. The SMILES string of the molecule is COc1c(N2CCNC(=O)C2)c(F)cc2c(=O)c(C(=O)O)cn(C3CC3)c12.O. The van der Waals surface area contributed by atoms with Gasteiger partial charge in [0.2, 0.25) is 11.3 Å². The number of rotatable bonds is 4. The van der Waals surface area contributed by atoms with E-state index in [1.54, 1.807) is 9.47 Å². The Morgan fingerprint density at radius 3 is 2.64 bits per heavy atom. The molecule has 0 unspecified atom stereocenters. The van der Waals surface area contributed by atoms with Crippen LogP contribution in [0.25, 0.3) is 10.9 Å². The molecule has 1 saturated heterocycles. The summed E-state index contributed by atoms with van der Waals surface area (Å²) in [6.07, 6.45) is 2.97. The first-order valence-corrected chi connectivity index (χ1v) is 8.62. The van der Waals surface area contributed by atoms with Gasteiger partial charge in [-0.3, -0.25) is 9.59 Å². The van der Waals surface area contributed by atoms with Gasteiger partial charge < -0.3 is 30.1 Å². The predicted molar refractivity (Wildman–Crippen MR) is 98.8 cm³/mol. The molecule has 2 fully saturated rings. The monoisotopic (exact) mass is 393 g/mol. The van der Waals surface area contributed by atoms with Crippen LogP contribution in [0.2, 0.25) is 0 Å². The topological polar surface area (TPSA) is 132 Å². The maximum Gasteiger partial charge on any atom is 0.341 e. The van der Waals surface area contributed by atoms with Crippen LogP contribution in [-0.4, -0.2) is 53.8 Å². The van der Waals surface area contributed by atoms with Crippen LogP contribution in [0, 0.1) is 5.82 Å². The van der Waals surface area contributed by atoms with Crippen molar-refractivity contribution >= 4 is 28.5 Å². The Kier molecular flexibility index (Phi) is 4.99. The van der Waals surface area contributed by atoms with Crippen molar-refractivity contribution in [2.75, 3.05) is 31.6 Å². The number of carbonyl (C=O) groups excluding carboxylic acids is 1. The first kappa shape index (κ1) is 19.6. The van der Waals surface area contributed by atoms with E-state index in [0.717, 1.165) is 18.9 Å². The van der Waals surface area contributed by atoms with Crippen LogP contribution >= 0.6 is 0 Å². The summed E-state index contributed by atoms with van der Waals surface area (Å²) < 4.78 is 22.2. The molecule has 9 nitrogen and oxygen atoms in total. The van der Waals surface area contributed by atoms with E-state index in [9.17, 15) is 23.9 Å². The fraction of sp³-hybridized carbons (Fsp3) is 0.389. The number of piperazine rings is 1. The van der Waals surface area contributed by atoms with Gasteiger partial charge in [-0.2, -0.15) is 0 Å². The summed E-state index contributed by atoms with van der Waals surface area (Å²) in [5.41, 5.74) is -0.690. The molecule has 10 heteroatoms. The van der Waals surface area contributed by atoms with Crippen molar-refractivity contribution in [3.63, 3.8) is 0 Å². The Morgan fingerprint density at radius 1 is 1.36 bits per heavy atom. The number of fused-ring (bicyclic) bond motifs is 1. The third-order valence-corrected chi connectivity index (χ3v) is 4.93. The molecule has 150 valence electrons. The maximum atomic E-state index is 15.0. The van der Waals surface area contributed by atoms with E-state index in [1.807, 2.05) is 0 Å². The van der Waals surface area contributed by atoms with Crippen LogP contribution in [0.3, 0.4) is 0 Å². The van der Waals surface area contributed by atoms with E-state index in [0.29, 0.717) is 18.6 Å². The Labute approximate surface area is 158 Å². The summed E-state index contributed by atoms with van der Waals surface area (Å²) in [7, 11) is 1.37. The van der Waals surface area contributed by atoms with Crippen molar-refractivity contribution in [1.82, 2.24) is 9.88 Å². The number of ether oxygens (including phenoxy) is 1. The van der Waals surface area contributed by atoms with Gasteiger partial charge in [-0.05, 0) is 18.9 Å². The number of carboxylic acid groups (broad SMARTS) is 1. The summed E-state index contributed by atoms with van der Waals surface area (Å²) >= 11 is 0. The number of carbonyl (C=O) groups is 2. The Balaban J connectivity index is 0.00000225. The molecule has 1 amide bonds. The average Bonchev–Trinajstić information content (AvgIpc) is 3.46. The summed E-state index contributed by atoms with van der Waals surface area (Å²) in [5, 5.41) is 12.0. The fourth-order valence-corrected chi connectivity index (χ4v) is 3.55. The van der Waals surface area contributed by atoms with Gasteiger partial charge in [0.05, 0.1) is 24.6 Å². The van der Waals surface area contributed by atoms with E-state index < -0.39 is 22.8 Å². The number of hydrogen-bond acceptors (Lipinski definition) is 5. The second-order valence-corrected chi connectivity index (χ2v) is 6.72. The van der Waals surface area contributed by atoms with Crippen molar-refractivity contribution in [2.45, 2.75) is 18.9 Å². The standard InChI is InChI=1S/C18H18FN3O5.H2O/c1-27-17-14-10(6-12(19)15(17)21-5-4-20-13(23)8-21)16(24)11(18(25)26)7-22(14)9-2-3-9;/h6-7,9H,2-5,8H2,1H3,(H,20,23)(H,25,26);1H2. The number of hydrogen-bond donors (Lipinski definition) is 2. The third kappa shape index (κ3) is 3.05. The Hall–Kier alpha value is -3.14. The average molecular weight is 393 g/mol. The van der Waals surface area contributed by atoms with Crippen LogP contribution in [0.5, 0.6) is 5.75 Å². The Bertz CT molecular complexity index is 1030. The number of amides is 1. The zero-order chi connectivity index (χ0) is 19.3. The number of halogens is 1. The second-order valence-electron chi connectivity index (χ2n) is 6.72. The number of methoxy groups -OCH3 is 1. The van der Waals surface area contributed by atoms with Crippen molar-refractivity contribution in [2.24, 2.45) is 0 Å². The zero-order valence-electron chi connectivity index (χ0n) is 15.1. The molecule has 1 aliphatic heterocycles. The quantitative estimate of drug-likeness (QED) is 0.767. The van der Waals surface area contributed by atoms with Crippen molar-refractivity contribution < 1.29 is 29.3 Å². The Morgan fingerprint density at radius 2 is 2.07 bits per heavy atom. The maximum absolute atomic E-state index is 15.0. The van der Waals surface area contributed by atoms with Gasteiger partial charge in [0.25, 0.3) is 0 Å². The van der Waals surface area contributed by atoms with Crippen molar-refractivity contribution in [3.05, 3.63) is 33.9 Å². The lowest BCUT2D eigenvalue weighted by atomic mass is 10.1. The molecule has 0 radical (unpaired) electrons.